The number of nitrogens with zero attached hydrogens (tertiary/aromatic N) is 3. The van der Waals surface area contributed by atoms with Crippen LogP contribution >= 0.6 is 0 Å². The lowest BCUT2D eigenvalue weighted by atomic mass is 10.3. The van der Waals surface area contributed by atoms with Gasteiger partial charge in [-0.2, -0.15) is 0 Å². The summed E-state index contributed by atoms with van der Waals surface area (Å²) >= 11 is 0. The summed E-state index contributed by atoms with van der Waals surface area (Å²) in [5.41, 5.74) is 5.47. The van der Waals surface area contributed by atoms with E-state index in [-0.39, 0.29) is 5.69 Å². The number of carbonyl (C=O) groups is 2. The standard InChI is InChI=1S/C9H15N5O3/c1-6(9(16)17-2)11-8(15)7-5-14(4-3-10)13-12-7/h5-6H,3-4,10H2,1-2H3,(H,11,15). The molecule has 1 amide bonds. The highest BCUT2D eigenvalue weighted by molar-refractivity contribution is 5.94. The Morgan fingerprint density at radius 2 is 2.35 bits per heavy atom. The molecular weight excluding hydrogens is 226 g/mol. The van der Waals surface area contributed by atoms with Gasteiger partial charge in [0.05, 0.1) is 19.9 Å². The largest absolute Gasteiger partial charge is 0.467 e. The summed E-state index contributed by atoms with van der Waals surface area (Å²) in [6, 6.07) is -0.729. The Hall–Kier alpha value is -1.96. The molecule has 1 aromatic rings. The fourth-order valence-corrected chi connectivity index (χ4v) is 1.15. The fourth-order valence-electron chi connectivity index (χ4n) is 1.15. The van der Waals surface area contributed by atoms with Crippen LogP contribution in [-0.2, 0) is 16.1 Å². The van der Waals surface area contributed by atoms with Crippen LogP contribution in [0.2, 0.25) is 0 Å². The number of amides is 1. The summed E-state index contributed by atoms with van der Waals surface area (Å²) in [5.74, 6) is -1.00. The van der Waals surface area contributed by atoms with Crippen LogP contribution in [0.4, 0.5) is 0 Å². The van der Waals surface area contributed by atoms with Crippen LogP contribution in [-0.4, -0.2) is 46.6 Å². The van der Waals surface area contributed by atoms with E-state index in [0.29, 0.717) is 13.1 Å². The van der Waals surface area contributed by atoms with Crippen LogP contribution in [0.1, 0.15) is 17.4 Å². The zero-order chi connectivity index (χ0) is 12.8. The minimum absolute atomic E-state index is 0.134. The third-order valence-corrected chi connectivity index (χ3v) is 2.03. The molecule has 1 atom stereocenters. The Morgan fingerprint density at radius 3 is 2.94 bits per heavy atom. The topological polar surface area (TPSA) is 112 Å². The second-order valence-electron chi connectivity index (χ2n) is 3.37. The number of hydrogen-bond donors (Lipinski definition) is 2. The van der Waals surface area contributed by atoms with Crippen molar-refractivity contribution in [2.24, 2.45) is 5.73 Å². The van der Waals surface area contributed by atoms with Crippen molar-refractivity contribution < 1.29 is 14.3 Å². The maximum absolute atomic E-state index is 11.6. The summed E-state index contributed by atoms with van der Waals surface area (Å²) in [6.45, 7) is 2.41. The molecule has 0 fully saturated rings. The van der Waals surface area contributed by atoms with Crippen molar-refractivity contribution in [1.82, 2.24) is 20.3 Å². The number of nitrogens with two attached hydrogens (primary N) is 1. The first-order valence-corrected chi connectivity index (χ1v) is 5.07. The van der Waals surface area contributed by atoms with Crippen LogP contribution in [0, 0.1) is 0 Å². The zero-order valence-corrected chi connectivity index (χ0v) is 9.71. The number of methoxy groups -OCH3 is 1. The minimum atomic E-state index is -0.729. The molecule has 0 aliphatic rings. The van der Waals surface area contributed by atoms with Crippen molar-refractivity contribution in [3.8, 4) is 0 Å². The zero-order valence-electron chi connectivity index (χ0n) is 9.71. The van der Waals surface area contributed by atoms with E-state index in [1.54, 1.807) is 0 Å². The SMILES string of the molecule is COC(=O)C(C)NC(=O)c1cn(CCN)nn1. The van der Waals surface area contributed by atoms with Gasteiger partial charge in [-0.15, -0.1) is 5.10 Å². The van der Waals surface area contributed by atoms with Crippen molar-refractivity contribution in [3.05, 3.63) is 11.9 Å². The van der Waals surface area contributed by atoms with Gasteiger partial charge in [-0.3, -0.25) is 9.48 Å². The van der Waals surface area contributed by atoms with Gasteiger partial charge in [-0.25, -0.2) is 4.79 Å². The molecule has 0 bridgehead atoms. The molecule has 0 aromatic carbocycles. The highest BCUT2D eigenvalue weighted by Crippen LogP contribution is 1.95. The van der Waals surface area contributed by atoms with E-state index in [1.165, 1.54) is 24.9 Å². The molecule has 0 saturated carbocycles. The van der Waals surface area contributed by atoms with Crippen LogP contribution in [0.3, 0.4) is 0 Å². The van der Waals surface area contributed by atoms with Crippen molar-refractivity contribution >= 4 is 11.9 Å². The van der Waals surface area contributed by atoms with E-state index in [1.807, 2.05) is 0 Å². The highest BCUT2D eigenvalue weighted by Gasteiger charge is 2.18. The molecular formula is C9H15N5O3. The van der Waals surface area contributed by atoms with Crippen molar-refractivity contribution in [2.75, 3.05) is 13.7 Å². The van der Waals surface area contributed by atoms with E-state index < -0.39 is 17.9 Å². The molecule has 0 spiro atoms. The first-order chi connectivity index (χ1) is 8.08. The molecule has 1 unspecified atom stereocenters. The van der Waals surface area contributed by atoms with Crippen LogP contribution < -0.4 is 11.1 Å². The van der Waals surface area contributed by atoms with E-state index in [0.717, 1.165) is 0 Å². The van der Waals surface area contributed by atoms with Crippen molar-refractivity contribution in [1.29, 1.82) is 0 Å². The van der Waals surface area contributed by atoms with Gasteiger partial charge in [0, 0.05) is 6.54 Å². The fraction of sp³-hybridized carbons (Fsp3) is 0.556. The van der Waals surface area contributed by atoms with E-state index in [9.17, 15) is 9.59 Å². The molecule has 0 saturated heterocycles. The van der Waals surface area contributed by atoms with Crippen LogP contribution in [0.5, 0.6) is 0 Å². The lowest BCUT2D eigenvalue weighted by Crippen LogP contribution is -2.39. The maximum Gasteiger partial charge on any atom is 0.328 e. The molecule has 3 N–H and O–H groups in total. The lowest BCUT2D eigenvalue weighted by molar-refractivity contribution is -0.142. The maximum atomic E-state index is 11.6. The normalized spacial score (nSPS) is 11.9. The molecule has 1 heterocycles. The van der Waals surface area contributed by atoms with Crippen LogP contribution in [0.25, 0.3) is 0 Å². The van der Waals surface area contributed by atoms with Gasteiger partial charge in [-0.05, 0) is 6.92 Å². The molecule has 8 nitrogen and oxygen atoms in total. The lowest BCUT2D eigenvalue weighted by Gasteiger charge is -2.09. The van der Waals surface area contributed by atoms with Gasteiger partial charge in [-0.1, -0.05) is 5.21 Å². The van der Waals surface area contributed by atoms with E-state index in [4.69, 9.17) is 5.73 Å². The quantitative estimate of drug-likeness (QED) is 0.608. The number of esters is 1. The summed E-state index contributed by atoms with van der Waals surface area (Å²) in [4.78, 5) is 22.7. The first-order valence-electron chi connectivity index (χ1n) is 5.07. The van der Waals surface area contributed by atoms with Crippen molar-refractivity contribution in [2.45, 2.75) is 19.5 Å². The number of ether oxygens (including phenoxy) is 1. The summed E-state index contributed by atoms with van der Waals surface area (Å²) in [6.07, 6.45) is 1.46. The van der Waals surface area contributed by atoms with Gasteiger partial charge in [0.2, 0.25) is 0 Å². The molecule has 17 heavy (non-hydrogen) atoms. The van der Waals surface area contributed by atoms with E-state index in [2.05, 4.69) is 20.4 Å². The average Bonchev–Trinajstić information content (AvgIpc) is 2.77. The van der Waals surface area contributed by atoms with Gasteiger partial charge >= 0.3 is 5.97 Å². The molecule has 0 aliphatic carbocycles. The smallest absolute Gasteiger partial charge is 0.328 e. The highest BCUT2D eigenvalue weighted by atomic mass is 16.5. The molecule has 0 aliphatic heterocycles. The number of nitrogens with one attached hydrogen (secondary N) is 1. The first kappa shape index (κ1) is 13.1. The number of aromatic nitrogens is 3. The second kappa shape index (κ2) is 5.94. The Bertz CT molecular complexity index is 403. The van der Waals surface area contributed by atoms with Gasteiger partial charge < -0.3 is 15.8 Å². The van der Waals surface area contributed by atoms with E-state index >= 15 is 0 Å². The molecule has 94 valence electrons. The predicted molar refractivity (Wildman–Crippen MR) is 58.0 cm³/mol. The Balaban J connectivity index is 2.60. The molecule has 1 aromatic heterocycles. The van der Waals surface area contributed by atoms with Crippen LogP contribution in [0.15, 0.2) is 6.20 Å². The Morgan fingerprint density at radius 1 is 1.65 bits per heavy atom. The molecule has 1 rings (SSSR count). The molecule has 8 heteroatoms. The third kappa shape index (κ3) is 3.52. The third-order valence-electron chi connectivity index (χ3n) is 2.03. The van der Waals surface area contributed by atoms with Crippen molar-refractivity contribution in [3.63, 3.8) is 0 Å². The predicted octanol–water partition coefficient (Wildman–Crippen LogP) is -1.47. The monoisotopic (exact) mass is 241 g/mol. The number of rotatable bonds is 5. The summed E-state index contributed by atoms with van der Waals surface area (Å²) < 4.78 is 5.94. The number of carbonyl (C=O) groups excluding carboxylic acids is 2. The average molecular weight is 241 g/mol. The number of hydrogen-bond acceptors (Lipinski definition) is 6. The molecule has 0 radical (unpaired) electrons. The minimum Gasteiger partial charge on any atom is -0.467 e. The van der Waals surface area contributed by atoms with Gasteiger partial charge in [0.1, 0.15) is 6.04 Å². The second-order valence-corrected chi connectivity index (χ2v) is 3.37. The summed E-state index contributed by atoms with van der Waals surface area (Å²) in [7, 11) is 1.25. The Kier molecular flexibility index (Phi) is 4.58. The van der Waals surface area contributed by atoms with Gasteiger partial charge in [0.15, 0.2) is 5.69 Å². The Labute approximate surface area is 98.1 Å². The summed E-state index contributed by atoms with van der Waals surface area (Å²) in [5, 5.41) is 9.82. The van der Waals surface area contributed by atoms with Gasteiger partial charge in [0.25, 0.3) is 5.91 Å².